The Kier molecular flexibility index (Phi) is 5.88. The van der Waals surface area contributed by atoms with Crippen LogP contribution in [0.4, 0.5) is 0 Å². The number of benzene rings is 3. The fourth-order valence-electron chi connectivity index (χ4n) is 5.82. The van der Waals surface area contributed by atoms with E-state index in [9.17, 15) is 9.59 Å². The molecule has 0 N–H and O–H groups in total. The molecule has 2 fully saturated rings. The van der Waals surface area contributed by atoms with Gasteiger partial charge in [0.05, 0.1) is 29.6 Å². The number of allylic oxidation sites excluding steroid dienone is 2. The fraction of sp³-hybridized carbons (Fsp3) is 0.276. The van der Waals surface area contributed by atoms with Crippen LogP contribution in [-0.4, -0.2) is 30.1 Å². The number of rotatable bonds is 6. The van der Waals surface area contributed by atoms with Crippen molar-refractivity contribution >= 4 is 44.7 Å². The molecular weight excluding hydrogens is 520 g/mol. The molecular formula is C29H25BrN2O4. The molecule has 1 saturated heterocycles. The topological polar surface area (TPSA) is 68.2 Å². The molecule has 7 heteroatoms. The zero-order chi connectivity index (χ0) is 24.8. The first-order chi connectivity index (χ1) is 17.5. The molecule has 0 spiro atoms. The maximum absolute atomic E-state index is 13.0. The third-order valence-electron chi connectivity index (χ3n) is 7.56. The molecule has 1 aliphatic heterocycles. The van der Waals surface area contributed by atoms with Gasteiger partial charge in [-0.1, -0.05) is 54.6 Å². The Labute approximate surface area is 217 Å². The number of amides is 2. The normalized spacial score (nSPS) is 24.7. The molecule has 0 radical (unpaired) electrons. The van der Waals surface area contributed by atoms with Gasteiger partial charge in [-0.2, -0.15) is 10.1 Å². The van der Waals surface area contributed by atoms with E-state index in [2.05, 4.69) is 51.4 Å². The summed E-state index contributed by atoms with van der Waals surface area (Å²) in [5.41, 5.74) is 1.76. The second-order valence-electron chi connectivity index (χ2n) is 9.54. The van der Waals surface area contributed by atoms with Crippen LogP contribution < -0.4 is 9.47 Å². The van der Waals surface area contributed by atoms with Crippen LogP contribution in [0.3, 0.4) is 0 Å². The lowest BCUT2D eigenvalue weighted by molar-refractivity contribution is -0.140. The van der Waals surface area contributed by atoms with E-state index in [1.807, 2.05) is 30.3 Å². The van der Waals surface area contributed by atoms with Crippen molar-refractivity contribution in [1.82, 2.24) is 5.01 Å². The predicted octanol–water partition coefficient (Wildman–Crippen LogP) is 5.72. The number of hydrogen-bond donors (Lipinski definition) is 0. The maximum Gasteiger partial charge on any atom is 0.254 e. The number of methoxy groups -OCH3 is 1. The van der Waals surface area contributed by atoms with Gasteiger partial charge in [0, 0.05) is 0 Å². The summed E-state index contributed by atoms with van der Waals surface area (Å²) in [7, 11) is 1.58. The third-order valence-corrected chi connectivity index (χ3v) is 8.15. The highest BCUT2D eigenvalue weighted by Gasteiger charge is 2.56. The van der Waals surface area contributed by atoms with E-state index < -0.39 is 0 Å². The van der Waals surface area contributed by atoms with E-state index >= 15 is 0 Å². The molecule has 1 heterocycles. The van der Waals surface area contributed by atoms with Crippen LogP contribution in [0.25, 0.3) is 10.8 Å². The van der Waals surface area contributed by atoms with Crippen LogP contribution in [0.15, 0.2) is 76.3 Å². The Bertz CT molecular complexity index is 1390. The molecule has 4 aliphatic rings. The zero-order valence-electron chi connectivity index (χ0n) is 19.8. The Morgan fingerprint density at radius 2 is 1.69 bits per heavy atom. The van der Waals surface area contributed by atoms with Crippen LogP contribution >= 0.6 is 15.9 Å². The van der Waals surface area contributed by atoms with Crippen molar-refractivity contribution in [3.63, 3.8) is 0 Å². The minimum Gasteiger partial charge on any atom is -0.493 e. The highest BCUT2D eigenvalue weighted by molar-refractivity contribution is 9.10. The monoisotopic (exact) mass is 544 g/mol. The second-order valence-corrected chi connectivity index (χ2v) is 10.4. The molecule has 2 bridgehead atoms. The van der Waals surface area contributed by atoms with Crippen molar-refractivity contribution in [2.75, 3.05) is 7.11 Å². The van der Waals surface area contributed by atoms with Crippen molar-refractivity contribution in [2.24, 2.45) is 28.8 Å². The Hall–Kier alpha value is -3.45. The van der Waals surface area contributed by atoms with E-state index in [0.29, 0.717) is 28.1 Å². The van der Waals surface area contributed by atoms with Crippen LogP contribution in [0, 0.1) is 23.7 Å². The second kappa shape index (κ2) is 9.21. The van der Waals surface area contributed by atoms with Gasteiger partial charge >= 0.3 is 0 Å². The largest absolute Gasteiger partial charge is 0.493 e. The van der Waals surface area contributed by atoms with Gasteiger partial charge in [0.15, 0.2) is 11.5 Å². The van der Waals surface area contributed by atoms with E-state index in [1.165, 1.54) is 6.21 Å². The fourth-order valence-corrected chi connectivity index (χ4v) is 6.39. The molecule has 2 amide bonds. The maximum atomic E-state index is 13.0. The number of carbonyl (C=O) groups excluding carboxylic acids is 2. The molecule has 3 aliphatic carbocycles. The summed E-state index contributed by atoms with van der Waals surface area (Å²) in [4.78, 5) is 26.0. The lowest BCUT2D eigenvalue weighted by Gasteiger charge is -2.37. The number of hydrogen-bond acceptors (Lipinski definition) is 5. The van der Waals surface area contributed by atoms with Crippen molar-refractivity contribution in [2.45, 2.75) is 19.4 Å². The van der Waals surface area contributed by atoms with E-state index in [4.69, 9.17) is 9.47 Å². The average molecular weight is 545 g/mol. The van der Waals surface area contributed by atoms with Gasteiger partial charge in [0.25, 0.3) is 11.8 Å². The molecule has 3 aromatic rings. The number of hydrazone groups is 1. The number of halogens is 1. The number of fused-ring (bicyclic) bond motifs is 2. The summed E-state index contributed by atoms with van der Waals surface area (Å²) in [5.74, 6) is 0.454. The molecule has 0 aromatic heterocycles. The molecule has 36 heavy (non-hydrogen) atoms. The average Bonchev–Trinajstić information content (AvgIpc) is 3.18. The van der Waals surface area contributed by atoms with Crippen LogP contribution in [0.5, 0.6) is 11.5 Å². The van der Waals surface area contributed by atoms with Gasteiger partial charge in [-0.15, -0.1) is 0 Å². The number of carbonyl (C=O) groups is 2. The summed E-state index contributed by atoms with van der Waals surface area (Å²) in [6.07, 6.45) is 7.66. The molecule has 0 unspecified atom stereocenters. The Morgan fingerprint density at radius 3 is 2.39 bits per heavy atom. The van der Waals surface area contributed by atoms with Gasteiger partial charge in [0.1, 0.15) is 6.61 Å². The van der Waals surface area contributed by atoms with Crippen molar-refractivity contribution in [1.29, 1.82) is 0 Å². The summed E-state index contributed by atoms with van der Waals surface area (Å²) in [5, 5.41) is 7.68. The van der Waals surface area contributed by atoms with Crippen LogP contribution in [0.1, 0.15) is 24.0 Å². The molecule has 6 nitrogen and oxygen atoms in total. The van der Waals surface area contributed by atoms with Crippen LogP contribution in [0.2, 0.25) is 0 Å². The minimum atomic E-state index is -0.274. The number of imide groups is 1. The van der Waals surface area contributed by atoms with Crippen molar-refractivity contribution < 1.29 is 19.1 Å². The molecule has 7 rings (SSSR count). The predicted molar refractivity (Wildman–Crippen MR) is 141 cm³/mol. The molecule has 4 atom stereocenters. The molecule has 3 aromatic carbocycles. The first-order valence-corrected chi connectivity index (χ1v) is 12.9. The zero-order valence-corrected chi connectivity index (χ0v) is 21.4. The summed E-state index contributed by atoms with van der Waals surface area (Å²) >= 11 is 3.59. The number of nitrogens with zero attached hydrogens (tertiary/aromatic N) is 2. The van der Waals surface area contributed by atoms with E-state index in [-0.39, 0.29) is 35.5 Å². The van der Waals surface area contributed by atoms with Gasteiger partial charge < -0.3 is 9.47 Å². The van der Waals surface area contributed by atoms with Gasteiger partial charge in [-0.3, -0.25) is 9.59 Å². The van der Waals surface area contributed by atoms with Crippen molar-refractivity contribution in [3.8, 4) is 11.5 Å². The Morgan fingerprint density at radius 1 is 1.00 bits per heavy atom. The minimum absolute atomic E-state index is 0.143. The SMILES string of the molecule is COc1cc(/C=N\N2C(=O)[C@@H]3[C@@H](C2=O)[C@H]2C=C[C@H]3CC2)cc(Br)c1OCc1cccc2ccccc12. The van der Waals surface area contributed by atoms with Gasteiger partial charge in [-0.05, 0) is 74.6 Å². The summed E-state index contributed by atoms with van der Waals surface area (Å²) in [6, 6.07) is 18.0. The van der Waals surface area contributed by atoms with Crippen molar-refractivity contribution in [3.05, 3.63) is 82.3 Å². The lowest BCUT2D eigenvalue weighted by Crippen LogP contribution is -2.38. The standard InChI is InChI=1S/C29H25BrN2O4/c1-35-24-14-17(15-31-32-28(33)25-19-9-10-20(12-11-19)26(25)29(32)34)13-23(30)27(24)36-16-21-7-4-6-18-5-2-3-8-22(18)21/h2-10,13-15,19-20,25-26H,11-12,16H2,1H3/b31-15-/t19-,20-,25-,26-/m0/s1. The summed E-state index contributed by atoms with van der Waals surface area (Å²) in [6.45, 7) is 0.375. The first kappa shape index (κ1) is 23.0. The third kappa shape index (κ3) is 3.82. The quantitative estimate of drug-likeness (QED) is 0.226. The summed E-state index contributed by atoms with van der Waals surface area (Å²) < 4.78 is 12.5. The highest BCUT2D eigenvalue weighted by atomic mass is 79.9. The Balaban J connectivity index is 1.22. The first-order valence-electron chi connectivity index (χ1n) is 12.1. The van der Waals surface area contributed by atoms with Crippen LogP contribution in [-0.2, 0) is 16.2 Å². The van der Waals surface area contributed by atoms with Gasteiger partial charge in [-0.25, -0.2) is 0 Å². The van der Waals surface area contributed by atoms with E-state index in [0.717, 1.165) is 34.2 Å². The number of ether oxygens (including phenoxy) is 2. The van der Waals surface area contributed by atoms with E-state index in [1.54, 1.807) is 13.2 Å². The smallest absolute Gasteiger partial charge is 0.254 e. The van der Waals surface area contributed by atoms with Gasteiger partial charge in [0.2, 0.25) is 0 Å². The highest BCUT2D eigenvalue weighted by Crippen LogP contribution is 2.49. The lowest BCUT2D eigenvalue weighted by atomic mass is 9.63. The molecule has 182 valence electrons. The molecule has 1 saturated carbocycles.